The molecule has 0 saturated heterocycles. The lowest BCUT2D eigenvalue weighted by molar-refractivity contribution is 0.691. The van der Waals surface area contributed by atoms with Crippen molar-refractivity contribution in [2.75, 3.05) is 0 Å². The second-order valence-electron chi connectivity index (χ2n) is 9.12. The second kappa shape index (κ2) is 9.66. The Balaban J connectivity index is 1.20. The van der Waals surface area contributed by atoms with Crippen LogP contribution in [-0.4, -0.2) is 30.1 Å². The average molecular weight is 514 g/mol. The second-order valence-corrected chi connectivity index (χ2v) is 10.1. The molecule has 184 valence electrons. The molecular weight excluding hydrogens is 490 g/mol. The Bertz CT molecular complexity index is 1850. The van der Waals surface area contributed by atoms with Crippen molar-refractivity contribution in [2.24, 2.45) is 0 Å². The fourth-order valence-corrected chi connectivity index (χ4v) is 5.43. The molecule has 8 heteroatoms. The fourth-order valence-electron chi connectivity index (χ4n) is 4.70. The van der Waals surface area contributed by atoms with Crippen LogP contribution in [0.3, 0.4) is 0 Å². The maximum absolute atomic E-state index is 4.92. The number of H-pyrrole nitrogens is 2. The number of nitrogens with zero attached hydrogens (tertiary/aromatic N) is 4. The van der Waals surface area contributed by atoms with Gasteiger partial charge in [0, 0.05) is 42.6 Å². The normalized spacial score (nSPS) is 11.5. The maximum Gasteiger partial charge on any atom is 0.159 e. The standard InChI is InChI=1S/C30H23N7S/c1-2-5-19(6-3-1)15-31-16-20-13-22(18-32-17-20)21-8-9-24-23(14-21)27(37-36-24)30-34-25-10-11-33-29(28(25)35-30)26-7-4-12-38-26/h1-14,17-18,31H,15-16H2,(H,34,35)(H,36,37). The summed E-state index contributed by atoms with van der Waals surface area (Å²) >= 11 is 1.66. The lowest BCUT2D eigenvalue weighted by atomic mass is 10.0. The van der Waals surface area contributed by atoms with E-state index in [1.165, 1.54) is 5.56 Å². The topological polar surface area (TPSA) is 95.2 Å². The Morgan fingerprint density at radius 3 is 2.61 bits per heavy atom. The highest BCUT2D eigenvalue weighted by atomic mass is 32.1. The number of imidazole rings is 1. The molecule has 0 aliphatic rings. The smallest absolute Gasteiger partial charge is 0.159 e. The Morgan fingerprint density at radius 1 is 0.789 bits per heavy atom. The van der Waals surface area contributed by atoms with Gasteiger partial charge in [-0.25, -0.2) is 4.98 Å². The Morgan fingerprint density at radius 2 is 1.71 bits per heavy atom. The van der Waals surface area contributed by atoms with Gasteiger partial charge in [-0.3, -0.25) is 15.1 Å². The summed E-state index contributed by atoms with van der Waals surface area (Å²) in [5, 5.41) is 14.3. The molecule has 0 atom stereocenters. The lowest BCUT2D eigenvalue weighted by Crippen LogP contribution is -2.12. The molecule has 0 radical (unpaired) electrons. The van der Waals surface area contributed by atoms with Crippen LogP contribution in [-0.2, 0) is 13.1 Å². The maximum atomic E-state index is 4.92. The Kier molecular flexibility index (Phi) is 5.73. The predicted octanol–water partition coefficient (Wildman–Crippen LogP) is 6.58. The Labute approximate surface area is 222 Å². The molecule has 7 aromatic rings. The third kappa shape index (κ3) is 4.26. The van der Waals surface area contributed by atoms with E-state index in [0.717, 1.165) is 68.0 Å². The third-order valence-electron chi connectivity index (χ3n) is 6.57. The minimum Gasteiger partial charge on any atom is -0.336 e. The number of hydrogen-bond donors (Lipinski definition) is 3. The first-order valence-corrected chi connectivity index (χ1v) is 13.3. The summed E-state index contributed by atoms with van der Waals surface area (Å²) < 4.78 is 0. The van der Waals surface area contributed by atoms with E-state index in [1.807, 2.05) is 36.8 Å². The van der Waals surface area contributed by atoms with Crippen LogP contribution in [0, 0.1) is 0 Å². The van der Waals surface area contributed by atoms with E-state index < -0.39 is 0 Å². The molecule has 5 heterocycles. The molecule has 2 aromatic carbocycles. The molecule has 0 bridgehead atoms. The molecule has 7 nitrogen and oxygen atoms in total. The number of rotatable bonds is 7. The predicted molar refractivity (Wildman–Crippen MR) is 153 cm³/mol. The van der Waals surface area contributed by atoms with E-state index in [9.17, 15) is 0 Å². The van der Waals surface area contributed by atoms with Crippen molar-refractivity contribution in [1.82, 2.24) is 35.5 Å². The van der Waals surface area contributed by atoms with Crippen LogP contribution in [0.5, 0.6) is 0 Å². The summed E-state index contributed by atoms with van der Waals surface area (Å²) in [5.41, 5.74) is 8.93. The highest BCUT2D eigenvalue weighted by Gasteiger charge is 2.17. The van der Waals surface area contributed by atoms with E-state index in [0.29, 0.717) is 5.82 Å². The van der Waals surface area contributed by atoms with Gasteiger partial charge in [0.1, 0.15) is 16.9 Å². The van der Waals surface area contributed by atoms with Crippen molar-refractivity contribution >= 4 is 33.3 Å². The van der Waals surface area contributed by atoms with Crippen LogP contribution < -0.4 is 5.32 Å². The zero-order valence-electron chi connectivity index (χ0n) is 20.3. The summed E-state index contributed by atoms with van der Waals surface area (Å²) in [6, 6.07) is 24.9. The molecule has 5 aromatic heterocycles. The van der Waals surface area contributed by atoms with E-state index >= 15 is 0 Å². The van der Waals surface area contributed by atoms with E-state index in [-0.39, 0.29) is 0 Å². The molecule has 0 fully saturated rings. The van der Waals surface area contributed by atoms with Crippen LogP contribution in [0.2, 0.25) is 0 Å². The number of benzene rings is 2. The summed E-state index contributed by atoms with van der Waals surface area (Å²) in [6.07, 6.45) is 5.63. The molecule has 3 N–H and O–H groups in total. The molecular formula is C30H23N7S. The van der Waals surface area contributed by atoms with Gasteiger partial charge in [0.2, 0.25) is 0 Å². The van der Waals surface area contributed by atoms with Gasteiger partial charge < -0.3 is 10.3 Å². The summed E-state index contributed by atoms with van der Waals surface area (Å²) in [6.45, 7) is 1.56. The van der Waals surface area contributed by atoms with Gasteiger partial charge in [-0.2, -0.15) is 5.10 Å². The molecule has 0 aliphatic heterocycles. The van der Waals surface area contributed by atoms with Crippen molar-refractivity contribution in [3.05, 3.63) is 108 Å². The first-order chi connectivity index (χ1) is 18.8. The average Bonchev–Trinajstić information content (AvgIpc) is 3.73. The highest BCUT2D eigenvalue weighted by molar-refractivity contribution is 7.13. The minimum absolute atomic E-state index is 0.714. The van der Waals surface area contributed by atoms with Crippen LogP contribution >= 0.6 is 11.3 Å². The molecule has 0 spiro atoms. The highest BCUT2D eigenvalue weighted by Crippen LogP contribution is 2.33. The van der Waals surface area contributed by atoms with Crippen LogP contribution in [0.15, 0.2) is 96.8 Å². The van der Waals surface area contributed by atoms with Gasteiger partial charge in [0.15, 0.2) is 5.82 Å². The molecule has 0 saturated carbocycles. The number of thiophene rings is 1. The number of aromatic amines is 2. The van der Waals surface area contributed by atoms with Crippen LogP contribution in [0.1, 0.15) is 11.1 Å². The quantitative estimate of drug-likeness (QED) is 0.224. The van der Waals surface area contributed by atoms with Crippen molar-refractivity contribution in [2.45, 2.75) is 13.1 Å². The first kappa shape index (κ1) is 22.5. The van der Waals surface area contributed by atoms with Crippen LogP contribution in [0.4, 0.5) is 0 Å². The van der Waals surface area contributed by atoms with Gasteiger partial charge in [0.05, 0.1) is 15.9 Å². The third-order valence-corrected chi connectivity index (χ3v) is 7.45. The Hall–Kier alpha value is -4.66. The fraction of sp³-hybridized carbons (Fsp3) is 0.0667. The summed E-state index contributed by atoms with van der Waals surface area (Å²) in [5.74, 6) is 0.714. The van der Waals surface area contributed by atoms with Crippen molar-refractivity contribution < 1.29 is 0 Å². The molecule has 0 amide bonds. The van der Waals surface area contributed by atoms with Crippen molar-refractivity contribution in [3.63, 3.8) is 0 Å². The largest absolute Gasteiger partial charge is 0.336 e. The van der Waals surface area contributed by atoms with Gasteiger partial charge in [0.25, 0.3) is 0 Å². The van der Waals surface area contributed by atoms with E-state index in [4.69, 9.17) is 4.98 Å². The monoisotopic (exact) mass is 513 g/mol. The lowest BCUT2D eigenvalue weighted by Gasteiger charge is -2.07. The van der Waals surface area contributed by atoms with Gasteiger partial charge in [-0.05, 0) is 52.4 Å². The van der Waals surface area contributed by atoms with Gasteiger partial charge >= 0.3 is 0 Å². The number of hydrogen-bond acceptors (Lipinski definition) is 6. The molecule has 0 unspecified atom stereocenters. The van der Waals surface area contributed by atoms with Gasteiger partial charge in [-0.1, -0.05) is 42.5 Å². The first-order valence-electron chi connectivity index (χ1n) is 12.4. The number of pyridine rings is 2. The minimum atomic E-state index is 0.714. The van der Waals surface area contributed by atoms with E-state index in [1.54, 1.807) is 11.3 Å². The SMILES string of the molecule is c1ccc(CNCc2cncc(-c3ccc4[nH]nc(-c5nc6c(-c7cccs7)nccc6[nH]5)c4c3)c2)cc1. The van der Waals surface area contributed by atoms with E-state index in [2.05, 4.69) is 90.4 Å². The molecule has 7 rings (SSSR count). The molecule has 38 heavy (non-hydrogen) atoms. The number of nitrogens with one attached hydrogen (secondary N) is 3. The summed E-state index contributed by atoms with van der Waals surface area (Å²) in [4.78, 5) is 18.6. The number of aromatic nitrogens is 6. The van der Waals surface area contributed by atoms with Gasteiger partial charge in [-0.15, -0.1) is 11.3 Å². The summed E-state index contributed by atoms with van der Waals surface area (Å²) in [7, 11) is 0. The zero-order valence-corrected chi connectivity index (χ0v) is 21.2. The van der Waals surface area contributed by atoms with Crippen LogP contribution in [0.25, 0.3) is 55.2 Å². The zero-order chi connectivity index (χ0) is 25.3. The van der Waals surface area contributed by atoms with Crippen molar-refractivity contribution in [1.29, 1.82) is 0 Å². The molecule has 0 aliphatic carbocycles. The van der Waals surface area contributed by atoms with Crippen molar-refractivity contribution in [3.8, 4) is 33.2 Å². The number of fused-ring (bicyclic) bond motifs is 2.